The van der Waals surface area contributed by atoms with Crippen molar-refractivity contribution < 1.29 is 9.47 Å². The summed E-state index contributed by atoms with van der Waals surface area (Å²) >= 11 is 0. The first kappa shape index (κ1) is 11.4. The van der Waals surface area contributed by atoms with E-state index in [1.54, 1.807) is 13.3 Å². The SMILES string of the molecule is COc1ncccc1COC1CCCC1N. The van der Waals surface area contributed by atoms with Crippen LogP contribution < -0.4 is 10.5 Å². The molecule has 2 N–H and O–H groups in total. The first-order valence-corrected chi connectivity index (χ1v) is 5.66. The summed E-state index contributed by atoms with van der Waals surface area (Å²) in [5, 5.41) is 0. The lowest BCUT2D eigenvalue weighted by atomic mass is 10.2. The van der Waals surface area contributed by atoms with Crippen LogP contribution in [0.1, 0.15) is 24.8 Å². The Morgan fingerprint density at radius 1 is 1.50 bits per heavy atom. The number of rotatable bonds is 4. The fraction of sp³-hybridized carbons (Fsp3) is 0.583. The van der Waals surface area contributed by atoms with Crippen LogP contribution in [0.5, 0.6) is 5.88 Å². The molecule has 1 aromatic rings. The number of pyridine rings is 1. The van der Waals surface area contributed by atoms with E-state index in [1.807, 2.05) is 12.1 Å². The zero-order valence-corrected chi connectivity index (χ0v) is 9.56. The largest absolute Gasteiger partial charge is 0.481 e. The lowest BCUT2D eigenvalue weighted by Crippen LogP contribution is -2.31. The average molecular weight is 222 g/mol. The molecule has 16 heavy (non-hydrogen) atoms. The van der Waals surface area contributed by atoms with Gasteiger partial charge in [-0.05, 0) is 31.4 Å². The van der Waals surface area contributed by atoms with Crippen molar-refractivity contribution in [3.05, 3.63) is 23.9 Å². The molecule has 0 spiro atoms. The van der Waals surface area contributed by atoms with Crippen LogP contribution in [0.25, 0.3) is 0 Å². The topological polar surface area (TPSA) is 57.4 Å². The predicted octanol–water partition coefficient (Wildman–Crippen LogP) is 1.49. The Kier molecular flexibility index (Phi) is 3.74. The van der Waals surface area contributed by atoms with Crippen LogP contribution >= 0.6 is 0 Å². The first-order valence-electron chi connectivity index (χ1n) is 5.66. The fourth-order valence-electron chi connectivity index (χ4n) is 2.08. The third-order valence-electron chi connectivity index (χ3n) is 3.00. The molecule has 0 bridgehead atoms. The molecular weight excluding hydrogens is 204 g/mol. The monoisotopic (exact) mass is 222 g/mol. The average Bonchev–Trinajstić information content (AvgIpc) is 2.72. The van der Waals surface area contributed by atoms with Crippen molar-refractivity contribution in [2.75, 3.05) is 7.11 Å². The van der Waals surface area contributed by atoms with Crippen LogP contribution in [0, 0.1) is 0 Å². The Labute approximate surface area is 95.8 Å². The van der Waals surface area contributed by atoms with Gasteiger partial charge in [-0.2, -0.15) is 0 Å². The standard InChI is InChI=1S/C12H18N2O2/c1-15-12-9(4-3-7-14-12)8-16-11-6-2-5-10(11)13/h3-4,7,10-11H,2,5-6,8,13H2,1H3. The van der Waals surface area contributed by atoms with Crippen LogP contribution in [-0.2, 0) is 11.3 Å². The first-order chi connectivity index (χ1) is 7.81. The van der Waals surface area contributed by atoms with Gasteiger partial charge in [0.1, 0.15) is 0 Å². The molecule has 0 amide bonds. The van der Waals surface area contributed by atoms with Crippen LogP contribution in [-0.4, -0.2) is 24.2 Å². The highest BCUT2D eigenvalue weighted by Crippen LogP contribution is 2.23. The van der Waals surface area contributed by atoms with Crippen LogP contribution in [0.15, 0.2) is 18.3 Å². The van der Waals surface area contributed by atoms with Gasteiger partial charge in [-0.15, -0.1) is 0 Å². The molecule has 1 fully saturated rings. The summed E-state index contributed by atoms with van der Waals surface area (Å²) in [6.45, 7) is 0.523. The summed E-state index contributed by atoms with van der Waals surface area (Å²) in [4.78, 5) is 4.13. The van der Waals surface area contributed by atoms with E-state index in [4.69, 9.17) is 15.2 Å². The molecule has 2 unspecified atom stereocenters. The molecule has 2 rings (SSSR count). The van der Waals surface area contributed by atoms with Gasteiger partial charge >= 0.3 is 0 Å². The van der Waals surface area contributed by atoms with Crippen molar-refractivity contribution in [3.63, 3.8) is 0 Å². The molecule has 0 radical (unpaired) electrons. The van der Waals surface area contributed by atoms with Crippen LogP contribution in [0.2, 0.25) is 0 Å². The maximum absolute atomic E-state index is 5.94. The van der Waals surface area contributed by atoms with Gasteiger partial charge in [-0.25, -0.2) is 4.98 Å². The van der Waals surface area contributed by atoms with E-state index in [-0.39, 0.29) is 12.1 Å². The fourth-order valence-corrected chi connectivity index (χ4v) is 2.08. The highest BCUT2D eigenvalue weighted by molar-refractivity contribution is 5.24. The van der Waals surface area contributed by atoms with Gasteiger partial charge in [-0.1, -0.05) is 0 Å². The van der Waals surface area contributed by atoms with Crippen molar-refractivity contribution in [2.24, 2.45) is 5.73 Å². The quantitative estimate of drug-likeness (QED) is 0.838. The Hall–Kier alpha value is -1.13. The molecule has 1 aromatic heterocycles. The lowest BCUT2D eigenvalue weighted by molar-refractivity contribution is 0.0345. The van der Waals surface area contributed by atoms with Gasteiger partial charge in [-0.3, -0.25) is 0 Å². The van der Waals surface area contributed by atoms with E-state index < -0.39 is 0 Å². The summed E-state index contributed by atoms with van der Waals surface area (Å²) in [5.74, 6) is 0.633. The highest BCUT2D eigenvalue weighted by Gasteiger charge is 2.24. The summed E-state index contributed by atoms with van der Waals surface area (Å²) in [6, 6.07) is 4.03. The van der Waals surface area contributed by atoms with E-state index in [0.717, 1.165) is 24.8 Å². The van der Waals surface area contributed by atoms with E-state index in [2.05, 4.69) is 4.98 Å². The molecule has 88 valence electrons. The molecule has 0 aliphatic heterocycles. The van der Waals surface area contributed by atoms with E-state index in [9.17, 15) is 0 Å². The number of hydrogen-bond donors (Lipinski definition) is 1. The number of hydrogen-bond acceptors (Lipinski definition) is 4. The van der Waals surface area contributed by atoms with Crippen molar-refractivity contribution in [2.45, 2.75) is 38.0 Å². The molecule has 0 aromatic carbocycles. The normalized spacial score (nSPS) is 24.6. The van der Waals surface area contributed by atoms with Gasteiger partial charge in [0.15, 0.2) is 0 Å². The molecular formula is C12H18N2O2. The third kappa shape index (κ3) is 2.51. The molecule has 1 heterocycles. The maximum Gasteiger partial charge on any atom is 0.218 e. The van der Waals surface area contributed by atoms with Gasteiger partial charge in [0.2, 0.25) is 5.88 Å². The minimum Gasteiger partial charge on any atom is -0.481 e. The summed E-state index contributed by atoms with van der Waals surface area (Å²) in [6.07, 6.45) is 5.18. The second kappa shape index (κ2) is 5.27. The van der Waals surface area contributed by atoms with Gasteiger partial charge in [0, 0.05) is 17.8 Å². The lowest BCUT2D eigenvalue weighted by Gasteiger charge is -2.16. The summed E-state index contributed by atoms with van der Waals surface area (Å²) in [5.41, 5.74) is 6.92. The molecule has 2 atom stereocenters. The Morgan fingerprint density at radius 3 is 3.06 bits per heavy atom. The predicted molar refractivity (Wildman–Crippen MR) is 61.2 cm³/mol. The molecule has 1 aliphatic carbocycles. The molecule has 1 saturated carbocycles. The minimum absolute atomic E-state index is 0.183. The summed E-state index contributed by atoms with van der Waals surface area (Å²) < 4.78 is 11.0. The van der Waals surface area contributed by atoms with E-state index >= 15 is 0 Å². The molecule has 4 nitrogen and oxygen atoms in total. The maximum atomic E-state index is 5.94. The Balaban J connectivity index is 1.93. The number of nitrogens with zero attached hydrogens (tertiary/aromatic N) is 1. The summed E-state index contributed by atoms with van der Waals surface area (Å²) in [7, 11) is 1.62. The van der Waals surface area contributed by atoms with Crippen LogP contribution in [0.3, 0.4) is 0 Å². The zero-order chi connectivity index (χ0) is 11.4. The van der Waals surface area contributed by atoms with E-state index in [1.165, 1.54) is 0 Å². The van der Waals surface area contributed by atoms with Gasteiger partial charge in [0.05, 0.1) is 19.8 Å². The molecule has 1 aliphatic rings. The van der Waals surface area contributed by atoms with Gasteiger partial charge in [0.25, 0.3) is 0 Å². The minimum atomic E-state index is 0.183. The number of nitrogens with two attached hydrogens (primary N) is 1. The number of aromatic nitrogens is 1. The van der Waals surface area contributed by atoms with Crippen molar-refractivity contribution in [3.8, 4) is 5.88 Å². The Bertz CT molecular complexity index is 344. The Morgan fingerprint density at radius 2 is 2.38 bits per heavy atom. The van der Waals surface area contributed by atoms with Crippen molar-refractivity contribution in [1.82, 2.24) is 4.98 Å². The molecule has 0 saturated heterocycles. The van der Waals surface area contributed by atoms with Crippen molar-refractivity contribution in [1.29, 1.82) is 0 Å². The van der Waals surface area contributed by atoms with Gasteiger partial charge < -0.3 is 15.2 Å². The zero-order valence-electron chi connectivity index (χ0n) is 9.56. The smallest absolute Gasteiger partial charge is 0.218 e. The second-order valence-electron chi connectivity index (χ2n) is 4.12. The third-order valence-corrected chi connectivity index (χ3v) is 3.00. The van der Waals surface area contributed by atoms with E-state index in [0.29, 0.717) is 12.5 Å². The van der Waals surface area contributed by atoms with Crippen molar-refractivity contribution >= 4 is 0 Å². The highest BCUT2D eigenvalue weighted by atomic mass is 16.5. The van der Waals surface area contributed by atoms with Crippen LogP contribution in [0.4, 0.5) is 0 Å². The molecule has 4 heteroatoms. The number of ether oxygens (including phenoxy) is 2. The number of methoxy groups -OCH3 is 1. The second-order valence-corrected chi connectivity index (χ2v) is 4.12.